The number of ether oxygens (including phenoxy) is 1. The van der Waals surface area contributed by atoms with Crippen LogP contribution >= 0.6 is 0 Å². The predicted octanol–water partition coefficient (Wildman–Crippen LogP) is 2.52. The molecule has 0 spiro atoms. The third kappa shape index (κ3) is 3.10. The standard InChI is InChI=1S/C15H21NO2/c1-10-4-7-13(11(2)8-10)14(15(17)18-3)16-9-12-5-6-12/h4,7-8,12,14,16H,5-6,9H2,1-3H3. The van der Waals surface area contributed by atoms with Gasteiger partial charge in [0.05, 0.1) is 7.11 Å². The largest absolute Gasteiger partial charge is 0.468 e. The third-order valence-corrected chi connectivity index (χ3v) is 3.48. The minimum atomic E-state index is -0.337. The number of hydrogen-bond acceptors (Lipinski definition) is 3. The Balaban J connectivity index is 2.17. The van der Waals surface area contributed by atoms with Gasteiger partial charge in [-0.3, -0.25) is 0 Å². The molecule has 1 aliphatic carbocycles. The molecular weight excluding hydrogens is 226 g/mol. The minimum absolute atomic E-state index is 0.206. The number of rotatable bonds is 5. The van der Waals surface area contributed by atoms with Gasteiger partial charge in [-0.2, -0.15) is 0 Å². The van der Waals surface area contributed by atoms with Crippen LogP contribution in [-0.2, 0) is 9.53 Å². The van der Waals surface area contributed by atoms with Crippen molar-refractivity contribution in [3.8, 4) is 0 Å². The maximum atomic E-state index is 11.9. The van der Waals surface area contributed by atoms with Gasteiger partial charge in [0.2, 0.25) is 0 Å². The fourth-order valence-corrected chi connectivity index (χ4v) is 2.19. The zero-order valence-electron chi connectivity index (χ0n) is 11.3. The van der Waals surface area contributed by atoms with Crippen LogP contribution in [0.25, 0.3) is 0 Å². The van der Waals surface area contributed by atoms with Gasteiger partial charge in [-0.15, -0.1) is 0 Å². The molecule has 0 aromatic heterocycles. The monoisotopic (exact) mass is 247 g/mol. The second-order valence-corrected chi connectivity index (χ2v) is 5.17. The summed E-state index contributed by atoms with van der Waals surface area (Å²) >= 11 is 0. The highest BCUT2D eigenvalue weighted by Gasteiger charge is 2.27. The Hall–Kier alpha value is -1.35. The van der Waals surface area contributed by atoms with Crippen LogP contribution in [0.1, 0.15) is 35.6 Å². The summed E-state index contributed by atoms with van der Waals surface area (Å²) < 4.78 is 4.90. The Labute approximate surface area is 109 Å². The first-order valence-corrected chi connectivity index (χ1v) is 6.50. The average Bonchev–Trinajstić information content (AvgIpc) is 3.15. The van der Waals surface area contributed by atoms with Crippen molar-refractivity contribution in [3.63, 3.8) is 0 Å². The molecule has 1 N–H and O–H groups in total. The number of hydrogen-bond donors (Lipinski definition) is 1. The fraction of sp³-hybridized carbons (Fsp3) is 0.533. The number of methoxy groups -OCH3 is 1. The van der Waals surface area contributed by atoms with E-state index in [4.69, 9.17) is 4.74 Å². The molecule has 1 aliphatic rings. The number of esters is 1. The number of benzene rings is 1. The van der Waals surface area contributed by atoms with E-state index in [1.54, 1.807) is 0 Å². The topological polar surface area (TPSA) is 38.3 Å². The third-order valence-electron chi connectivity index (χ3n) is 3.48. The lowest BCUT2D eigenvalue weighted by Gasteiger charge is -2.19. The van der Waals surface area contributed by atoms with Crippen molar-refractivity contribution in [2.24, 2.45) is 5.92 Å². The van der Waals surface area contributed by atoms with Crippen LogP contribution in [0.3, 0.4) is 0 Å². The Kier molecular flexibility index (Phi) is 4.02. The summed E-state index contributed by atoms with van der Waals surface area (Å²) in [6, 6.07) is 5.82. The molecule has 0 radical (unpaired) electrons. The second kappa shape index (κ2) is 5.53. The lowest BCUT2D eigenvalue weighted by Crippen LogP contribution is -2.31. The van der Waals surface area contributed by atoms with E-state index in [0.29, 0.717) is 0 Å². The number of nitrogens with one attached hydrogen (secondary N) is 1. The first kappa shape index (κ1) is 13.1. The maximum Gasteiger partial charge on any atom is 0.327 e. The molecule has 3 nitrogen and oxygen atoms in total. The van der Waals surface area contributed by atoms with Gasteiger partial charge in [-0.1, -0.05) is 23.8 Å². The Morgan fingerprint density at radius 2 is 2.17 bits per heavy atom. The van der Waals surface area contributed by atoms with Crippen molar-refractivity contribution in [2.45, 2.75) is 32.7 Å². The van der Waals surface area contributed by atoms with Crippen LogP contribution in [0.15, 0.2) is 18.2 Å². The molecule has 3 heteroatoms. The maximum absolute atomic E-state index is 11.9. The van der Waals surface area contributed by atoms with Crippen molar-refractivity contribution in [1.82, 2.24) is 5.32 Å². The Morgan fingerprint density at radius 1 is 1.44 bits per heavy atom. The number of carbonyl (C=O) groups is 1. The van der Waals surface area contributed by atoms with Gasteiger partial charge < -0.3 is 10.1 Å². The van der Waals surface area contributed by atoms with Crippen LogP contribution in [0, 0.1) is 19.8 Å². The summed E-state index contributed by atoms with van der Waals surface area (Å²) in [5.41, 5.74) is 3.36. The molecule has 98 valence electrons. The van der Waals surface area contributed by atoms with E-state index in [1.165, 1.54) is 25.5 Å². The molecule has 1 aromatic carbocycles. The van der Waals surface area contributed by atoms with Crippen LogP contribution in [0.2, 0.25) is 0 Å². The van der Waals surface area contributed by atoms with E-state index >= 15 is 0 Å². The van der Waals surface area contributed by atoms with Gasteiger partial charge in [-0.05, 0) is 50.3 Å². The van der Waals surface area contributed by atoms with E-state index < -0.39 is 0 Å². The van der Waals surface area contributed by atoms with E-state index in [-0.39, 0.29) is 12.0 Å². The quantitative estimate of drug-likeness (QED) is 0.812. The van der Waals surface area contributed by atoms with Gasteiger partial charge >= 0.3 is 5.97 Å². The summed E-state index contributed by atoms with van der Waals surface area (Å²) in [6.45, 7) is 4.99. The fourth-order valence-electron chi connectivity index (χ4n) is 2.19. The summed E-state index contributed by atoms with van der Waals surface area (Å²) in [5, 5.41) is 3.33. The lowest BCUT2D eigenvalue weighted by atomic mass is 9.99. The molecule has 0 heterocycles. The summed E-state index contributed by atoms with van der Waals surface area (Å²) in [7, 11) is 1.44. The van der Waals surface area contributed by atoms with Gasteiger partial charge in [0.1, 0.15) is 6.04 Å². The highest BCUT2D eigenvalue weighted by molar-refractivity contribution is 5.78. The molecule has 0 aliphatic heterocycles. The van der Waals surface area contributed by atoms with Crippen molar-refractivity contribution < 1.29 is 9.53 Å². The number of aryl methyl sites for hydroxylation is 2. The van der Waals surface area contributed by atoms with Gasteiger partial charge in [-0.25, -0.2) is 4.79 Å². The molecule has 1 aromatic rings. The second-order valence-electron chi connectivity index (χ2n) is 5.17. The average molecular weight is 247 g/mol. The first-order chi connectivity index (χ1) is 8.61. The van der Waals surface area contributed by atoms with Crippen molar-refractivity contribution in [2.75, 3.05) is 13.7 Å². The van der Waals surface area contributed by atoms with Crippen LogP contribution < -0.4 is 5.32 Å². The van der Waals surface area contributed by atoms with Gasteiger partial charge in [0.25, 0.3) is 0 Å². The summed E-state index contributed by atoms with van der Waals surface area (Å²) in [5.74, 6) is 0.533. The van der Waals surface area contributed by atoms with E-state index in [0.717, 1.165) is 23.6 Å². The predicted molar refractivity (Wildman–Crippen MR) is 71.4 cm³/mol. The molecule has 1 fully saturated rings. The van der Waals surface area contributed by atoms with E-state index in [1.807, 2.05) is 19.1 Å². The molecule has 18 heavy (non-hydrogen) atoms. The summed E-state index contributed by atoms with van der Waals surface area (Å²) in [4.78, 5) is 11.9. The number of carbonyl (C=O) groups excluding carboxylic acids is 1. The molecule has 0 saturated heterocycles. The Bertz CT molecular complexity index is 438. The smallest absolute Gasteiger partial charge is 0.327 e. The van der Waals surface area contributed by atoms with E-state index in [2.05, 4.69) is 18.3 Å². The lowest BCUT2D eigenvalue weighted by molar-refractivity contribution is -0.143. The molecule has 0 bridgehead atoms. The van der Waals surface area contributed by atoms with Crippen LogP contribution in [0.4, 0.5) is 0 Å². The molecular formula is C15H21NO2. The highest BCUT2D eigenvalue weighted by atomic mass is 16.5. The zero-order valence-corrected chi connectivity index (χ0v) is 11.3. The Morgan fingerprint density at radius 3 is 2.72 bits per heavy atom. The first-order valence-electron chi connectivity index (χ1n) is 6.50. The molecule has 1 unspecified atom stereocenters. The zero-order chi connectivity index (χ0) is 13.1. The van der Waals surface area contributed by atoms with Gasteiger partial charge in [0.15, 0.2) is 0 Å². The van der Waals surface area contributed by atoms with Crippen LogP contribution in [0.5, 0.6) is 0 Å². The molecule has 0 amide bonds. The minimum Gasteiger partial charge on any atom is -0.468 e. The van der Waals surface area contributed by atoms with Crippen molar-refractivity contribution >= 4 is 5.97 Å². The SMILES string of the molecule is COC(=O)C(NCC1CC1)c1ccc(C)cc1C. The molecule has 1 saturated carbocycles. The summed E-state index contributed by atoms with van der Waals surface area (Å²) in [6.07, 6.45) is 2.54. The highest BCUT2D eigenvalue weighted by Crippen LogP contribution is 2.29. The van der Waals surface area contributed by atoms with Gasteiger partial charge in [0, 0.05) is 0 Å². The van der Waals surface area contributed by atoms with E-state index in [9.17, 15) is 4.79 Å². The molecule has 2 rings (SSSR count). The molecule has 1 atom stereocenters. The normalized spacial score (nSPS) is 16.4. The van der Waals surface area contributed by atoms with Crippen molar-refractivity contribution in [1.29, 1.82) is 0 Å². The van der Waals surface area contributed by atoms with Crippen LogP contribution in [-0.4, -0.2) is 19.6 Å². The van der Waals surface area contributed by atoms with Crippen molar-refractivity contribution in [3.05, 3.63) is 34.9 Å².